The summed E-state index contributed by atoms with van der Waals surface area (Å²) in [6.45, 7) is 2.32. The fourth-order valence-electron chi connectivity index (χ4n) is 3.31. The van der Waals surface area contributed by atoms with Crippen molar-refractivity contribution in [2.45, 2.75) is 25.8 Å². The third-order valence-electron chi connectivity index (χ3n) is 4.92. The van der Waals surface area contributed by atoms with E-state index in [2.05, 4.69) is 22.5 Å². The summed E-state index contributed by atoms with van der Waals surface area (Å²) >= 11 is 6.10. The maximum absolute atomic E-state index is 13.2. The highest BCUT2D eigenvalue weighted by molar-refractivity contribution is 6.31. The Morgan fingerprint density at radius 3 is 2.78 bits per heavy atom. The van der Waals surface area contributed by atoms with Crippen LogP contribution < -0.4 is 5.32 Å². The number of carbonyl (C=O) groups is 1. The van der Waals surface area contributed by atoms with Crippen molar-refractivity contribution in [1.29, 1.82) is 0 Å². The van der Waals surface area contributed by atoms with Crippen molar-refractivity contribution in [3.63, 3.8) is 0 Å². The largest absolute Gasteiger partial charge is 0.309 e. The van der Waals surface area contributed by atoms with Gasteiger partial charge in [-0.2, -0.15) is 5.10 Å². The molecule has 0 spiro atoms. The van der Waals surface area contributed by atoms with Crippen LogP contribution in [0.5, 0.6) is 0 Å². The second-order valence-electron chi connectivity index (χ2n) is 6.91. The number of aryl methyl sites for hydroxylation is 1. The van der Waals surface area contributed by atoms with Crippen LogP contribution in [0.25, 0.3) is 0 Å². The average Bonchev–Trinajstić information content (AvgIpc) is 3.38. The predicted molar refractivity (Wildman–Crippen MR) is 103 cm³/mol. The van der Waals surface area contributed by atoms with Crippen LogP contribution in [0.4, 0.5) is 10.2 Å². The number of carbonyl (C=O) groups excluding carboxylic acids is 1. The summed E-state index contributed by atoms with van der Waals surface area (Å²) in [6.07, 6.45) is 0.862. The number of aromatic nitrogens is 2. The van der Waals surface area contributed by atoms with Crippen molar-refractivity contribution in [1.82, 2.24) is 9.78 Å². The molecule has 2 aromatic carbocycles. The molecule has 1 N–H and O–H groups in total. The first-order valence-corrected chi connectivity index (χ1v) is 9.23. The second kappa shape index (κ2) is 7.16. The number of nitrogens with zero attached hydrogens (tertiary/aromatic N) is 2. The summed E-state index contributed by atoms with van der Waals surface area (Å²) in [5, 5.41) is 7.72. The van der Waals surface area contributed by atoms with Gasteiger partial charge in [0.2, 0.25) is 5.91 Å². The zero-order valence-corrected chi connectivity index (χ0v) is 15.6. The molecule has 138 valence electrons. The smallest absolute Gasteiger partial charge is 0.229 e. The normalized spacial score (nSPS) is 18.3. The lowest BCUT2D eigenvalue weighted by atomic mass is 10.1. The van der Waals surface area contributed by atoms with Gasteiger partial charge in [-0.05, 0) is 42.5 Å². The molecule has 1 amide bonds. The summed E-state index contributed by atoms with van der Waals surface area (Å²) in [7, 11) is 0. The van der Waals surface area contributed by atoms with E-state index in [-0.39, 0.29) is 23.6 Å². The number of rotatable bonds is 5. The van der Waals surface area contributed by atoms with Gasteiger partial charge in [0.25, 0.3) is 0 Å². The molecule has 4 rings (SSSR count). The van der Waals surface area contributed by atoms with Crippen molar-refractivity contribution in [2.24, 2.45) is 5.92 Å². The van der Waals surface area contributed by atoms with Crippen LogP contribution >= 0.6 is 11.6 Å². The molecule has 1 heterocycles. The van der Waals surface area contributed by atoms with Crippen molar-refractivity contribution < 1.29 is 9.18 Å². The zero-order valence-electron chi connectivity index (χ0n) is 14.8. The molecular formula is C21H19ClFN3O. The summed E-state index contributed by atoms with van der Waals surface area (Å²) in [6, 6.07) is 16.2. The SMILES string of the molecule is Cc1cc(NC(=O)C2CC2c2ccccc2)nn1Cc1ccc(F)cc1Cl. The first-order valence-electron chi connectivity index (χ1n) is 8.85. The zero-order chi connectivity index (χ0) is 19.0. The molecule has 1 fully saturated rings. The monoisotopic (exact) mass is 383 g/mol. The Balaban J connectivity index is 1.42. The van der Waals surface area contributed by atoms with E-state index in [1.165, 1.54) is 17.7 Å². The third-order valence-corrected chi connectivity index (χ3v) is 5.27. The standard InChI is InChI=1S/C21H19ClFN3O/c1-13-9-20(25-26(13)12-15-7-8-16(23)10-19(15)22)24-21(27)18-11-17(18)14-5-3-2-4-6-14/h2-10,17-18H,11-12H2,1H3,(H,24,25,27). The van der Waals surface area contributed by atoms with Crippen LogP contribution in [-0.2, 0) is 11.3 Å². The Morgan fingerprint density at radius 2 is 2.04 bits per heavy atom. The minimum atomic E-state index is -0.369. The van der Waals surface area contributed by atoms with Gasteiger partial charge in [-0.1, -0.05) is 48.0 Å². The van der Waals surface area contributed by atoms with E-state index in [0.29, 0.717) is 17.4 Å². The van der Waals surface area contributed by atoms with Crippen molar-refractivity contribution in [2.75, 3.05) is 5.32 Å². The van der Waals surface area contributed by atoms with E-state index < -0.39 is 0 Å². The van der Waals surface area contributed by atoms with Gasteiger partial charge < -0.3 is 5.32 Å². The molecule has 2 unspecified atom stereocenters. The van der Waals surface area contributed by atoms with E-state index in [1.807, 2.05) is 31.2 Å². The van der Waals surface area contributed by atoms with Crippen LogP contribution in [0.1, 0.15) is 29.2 Å². The number of anilines is 1. The highest BCUT2D eigenvalue weighted by Gasteiger charge is 2.44. The Morgan fingerprint density at radius 1 is 1.26 bits per heavy atom. The lowest BCUT2D eigenvalue weighted by molar-refractivity contribution is -0.117. The molecule has 2 atom stereocenters. The minimum Gasteiger partial charge on any atom is -0.309 e. The van der Waals surface area contributed by atoms with Crippen LogP contribution in [0.3, 0.4) is 0 Å². The lowest BCUT2D eigenvalue weighted by Gasteiger charge is -2.07. The molecule has 1 aromatic heterocycles. The van der Waals surface area contributed by atoms with Crippen LogP contribution in [0, 0.1) is 18.7 Å². The van der Waals surface area contributed by atoms with Gasteiger partial charge in [-0.25, -0.2) is 4.39 Å². The van der Waals surface area contributed by atoms with Gasteiger partial charge in [0.1, 0.15) is 5.82 Å². The molecule has 0 saturated heterocycles. The molecule has 0 aliphatic heterocycles. The van der Waals surface area contributed by atoms with Gasteiger partial charge in [0.15, 0.2) is 5.82 Å². The fraction of sp³-hybridized carbons (Fsp3) is 0.238. The van der Waals surface area contributed by atoms with Gasteiger partial charge in [0.05, 0.1) is 6.54 Å². The van der Waals surface area contributed by atoms with Crippen molar-refractivity contribution in [3.8, 4) is 0 Å². The Bertz CT molecular complexity index is 986. The maximum Gasteiger partial charge on any atom is 0.229 e. The quantitative estimate of drug-likeness (QED) is 0.689. The summed E-state index contributed by atoms with van der Waals surface area (Å²) in [5.41, 5.74) is 2.86. The molecule has 4 nitrogen and oxygen atoms in total. The molecule has 27 heavy (non-hydrogen) atoms. The number of amides is 1. The minimum absolute atomic E-state index is 0.00619. The average molecular weight is 384 g/mol. The number of benzene rings is 2. The van der Waals surface area contributed by atoms with E-state index >= 15 is 0 Å². The van der Waals surface area contributed by atoms with Gasteiger partial charge in [-0.15, -0.1) is 0 Å². The molecule has 1 aliphatic rings. The second-order valence-corrected chi connectivity index (χ2v) is 7.32. The van der Waals surface area contributed by atoms with Crippen LogP contribution in [-0.4, -0.2) is 15.7 Å². The predicted octanol–water partition coefficient (Wildman–Crippen LogP) is 4.77. The van der Waals surface area contributed by atoms with Crippen LogP contribution in [0.15, 0.2) is 54.6 Å². The van der Waals surface area contributed by atoms with E-state index in [9.17, 15) is 9.18 Å². The third kappa shape index (κ3) is 3.88. The molecule has 1 aliphatic carbocycles. The fourth-order valence-corrected chi connectivity index (χ4v) is 3.54. The molecule has 3 aromatic rings. The first-order chi connectivity index (χ1) is 13.0. The molecule has 6 heteroatoms. The van der Waals surface area contributed by atoms with Gasteiger partial charge in [-0.3, -0.25) is 9.48 Å². The lowest BCUT2D eigenvalue weighted by Crippen LogP contribution is -2.15. The number of halogens is 2. The highest BCUT2D eigenvalue weighted by Crippen LogP contribution is 2.47. The Kier molecular flexibility index (Phi) is 4.70. The Labute approximate surface area is 162 Å². The number of nitrogens with one attached hydrogen (secondary N) is 1. The topological polar surface area (TPSA) is 46.9 Å². The first kappa shape index (κ1) is 17.7. The molecule has 1 saturated carbocycles. The highest BCUT2D eigenvalue weighted by atomic mass is 35.5. The van der Waals surface area contributed by atoms with Gasteiger partial charge >= 0.3 is 0 Å². The van der Waals surface area contributed by atoms with E-state index in [1.54, 1.807) is 10.7 Å². The van der Waals surface area contributed by atoms with Crippen molar-refractivity contribution >= 4 is 23.3 Å². The Hall–Kier alpha value is -2.66. The summed E-state index contributed by atoms with van der Waals surface area (Å²) in [4.78, 5) is 12.5. The maximum atomic E-state index is 13.2. The summed E-state index contributed by atoms with van der Waals surface area (Å²) < 4.78 is 14.9. The van der Waals surface area contributed by atoms with Crippen LogP contribution in [0.2, 0.25) is 5.02 Å². The van der Waals surface area contributed by atoms with Crippen molar-refractivity contribution in [3.05, 3.63) is 82.3 Å². The van der Waals surface area contributed by atoms with Gasteiger partial charge in [0, 0.05) is 22.7 Å². The molecule has 0 bridgehead atoms. The molecule has 0 radical (unpaired) electrons. The molecular weight excluding hydrogens is 365 g/mol. The number of hydrogen-bond donors (Lipinski definition) is 1. The van der Waals surface area contributed by atoms with E-state index in [4.69, 9.17) is 11.6 Å². The number of hydrogen-bond acceptors (Lipinski definition) is 2. The summed E-state index contributed by atoms with van der Waals surface area (Å²) in [5.74, 6) is 0.422. The van der Waals surface area contributed by atoms with E-state index in [0.717, 1.165) is 17.7 Å².